The molecule has 0 aliphatic rings. The van der Waals surface area contributed by atoms with Crippen molar-refractivity contribution in [3.63, 3.8) is 0 Å². The van der Waals surface area contributed by atoms with Crippen LogP contribution in [0.15, 0.2) is 6.20 Å². The average molecular weight is 230 g/mol. The summed E-state index contributed by atoms with van der Waals surface area (Å²) in [7, 11) is 1.70. The van der Waals surface area contributed by atoms with Gasteiger partial charge >= 0.3 is 0 Å². The first-order chi connectivity index (χ1) is 6.99. The second-order valence-electron chi connectivity index (χ2n) is 3.92. The lowest BCUT2D eigenvalue weighted by atomic mass is 9.90. The maximum atomic E-state index is 12.1. The molecule has 15 heavy (non-hydrogen) atoms. The van der Waals surface area contributed by atoms with Crippen molar-refractivity contribution >= 4 is 17.4 Å². The Kier molecular flexibility index (Phi) is 3.88. The highest BCUT2D eigenvalue weighted by molar-refractivity contribution is 6.33. The lowest BCUT2D eigenvalue weighted by Crippen LogP contribution is -2.30. The van der Waals surface area contributed by atoms with E-state index in [0.717, 1.165) is 0 Å². The SMILES string of the molecule is CC(C)C(CN)C(=O)c1c(Cl)cnn1C. The summed E-state index contributed by atoms with van der Waals surface area (Å²) >= 11 is 5.90. The fourth-order valence-electron chi connectivity index (χ4n) is 1.55. The van der Waals surface area contributed by atoms with Crippen LogP contribution < -0.4 is 5.73 Å². The highest BCUT2D eigenvalue weighted by atomic mass is 35.5. The molecule has 0 saturated heterocycles. The molecule has 0 radical (unpaired) electrons. The highest BCUT2D eigenvalue weighted by Gasteiger charge is 2.26. The van der Waals surface area contributed by atoms with Crippen LogP contribution in [-0.2, 0) is 7.05 Å². The average Bonchev–Trinajstić information content (AvgIpc) is 2.46. The van der Waals surface area contributed by atoms with Crippen molar-refractivity contribution in [2.24, 2.45) is 24.6 Å². The van der Waals surface area contributed by atoms with E-state index in [1.54, 1.807) is 7.05 Å². The molecule has 4 nitrogen and oxygen atoms in total. The number of carbonyl (C=O) groups is 1. The predicted molar refractivity (Wildman–Crippen MR) is 59.9 cm³/mol. The Labute approximate surface area is 94.4 Å². The summed E-state index contributed by atoms with van der Waals surface area (Å²) < 4.78 is 1.50. The summed E-state index contributed by atoms with van der Waals surface area (Å²) in [6.07, 6.45) is 1.47. The molecule has 1 atom stereocenters. The maximum absolute atomic E-state index is 12.1. The smallest absolute Gasteiger partial charge is 0.186 e. The van der Waals surface area contributed by atoms with Crippen LogP contribution in [0.1, 0.15) is 24.3 Å². The van der Waals surface area contributed by atoms with Gasteiger partial charge in [0, 0.05) is 19.5 Å². The van der Waals surface area contributed by atoms with Crippen molar-refractivity contribution in [1.82, 2.24) is 9.78 Å². The van der Waals surface area contributed by atoms with Crippen LogP contribution in [0.5, 0.6) is 0 Å². The molecular weight excluding hydrogens is 214 g/mol. The van der Waals surface area contributed by atoms with Gasteiger partial charge in [0.2, 0.25) is 0 Å². The zero-order valence-electron chi connectivity index (χ0n) is 9.20. The van der Waals surface area contributed by atoms with Gasteiger partial charge in [0.05, 0.1) is 11.2 Å². The number of halogens is 1. The van der Waals surface area contributed by atoms with Gasteiger partial charge in [-0.15, -0.1) is 0 Å². The highest BCUT2D eigenvalue weighted by Crippen LogP contribution is 2.21. The third kappa shape index (κ3) is 2.38. The molecule has 0 aromatic carbocycles. The monoisotopic (exact) mass is 229 g/mol. The topological polar surface area (TPSA) is 60.9 Å². The third-order valence-electron chi connectivity index (χ3n) is 2.52. The number of hydrogen-bond acceptors (Lipinski definition) is 3. The van der Waals surface area contributed by atoms with Crippen molar-refractivity contribution in [2.75, 3.05) is 6.54 Å². The fraction of sp³-hybridized carbons (Fsp3) is 0.600. The zero-order chi connectivity index (χ0) is 11.6. The summed E-state index contributed by atoms with van der Waals surface area (Å²) in [4.78, 5) is 12.1. The lowest BCUT2D eigenvalue weighted by molar-refractivity contribution is 0.0882. The van der Waals surface area contributed by atoms with Gasteiger partial charge < -0.3 is 5.73 Å². The van der Waals surface area contributed by atoms with Crippen LogP contribution in [-0.4, -0.2) is 22.1 Å². The molecular formula is C10H16ClN3O. The van der Waals surface area contributed by atoms with Gasteiger partial charge in [-0.25, -0.2) is 0 Å². The van der Waals surface area contributed by atoms with Gasteiger partial charge in [0.25, 0.3) is 0 Å². The molecule has 0 fully saturated rings. The van der Waals surface area contributed by atoms with Crippen LogP contribution in [0, 0.1) is 11.8 Å². The largest absolute Gasteiger partial charge is 0.330 e. The van der Waals surface area contributed by atoms with Crippen LogP contribution in [0.4, 0.5) is 0 Å². The van der Waals surface area contributed by atoms with E-state index >= 15 is 0 Å². The Hall–Kier alpha value is -0.870. The predicted octanol–water partition coefficient (Wildman–Crippen LogP) is 1.49. The maximum Gasteiger partial charge on any atom is 0.186 e. The van der Waals surface area contributed by atoms with E-state index in [0.29, 0.717) is 17.3 Å². The van der Waals surface area contributed by atoms with Gasteiger partial charge in [-0.2, -0.15) is 5.10 Å². The summed E-state index contributed by atoms with van der Waals surface area (Å²) in [5, 5.41) is 4.33. The number of aromatic nitrogens is 2. The van der Waals surface area contributed by atoms with Crippen molar-refractivity contribution in [1.29, 1.82) is 0 Å². The first-order valence-corrected chi connectivity index (χ1v) is 5.28. The minimum atomic E-state index is -0.196. The molecule has 0 amide bonds. The van der Waals surface area contributed by atoms with Crippen molar-refractivity contribution in [2.45, 2.75) is 13.8 Å². The molecule has 1 aromatic heterocycles. The Morgan fingerprint density at radius 1 is 1.67 bits per heavy atom. The van der Waals surface area contributed by atoms with E-state index in [9.17, 15) is 4.79 Å². The molecule has 1 aromatic rings. The summed E-state index contributed by atoms with van der Waals surface area (Å²) in [6.45, 7) is 4.28. The van der Waals surface area contributed by atoms with Crippen LogP contribution in [0.3, 0.4) is 0 Å². The molecule has 0 spiro atoms. The second kappa shape index (κ2) is 4.77. The number of aryl methyl sites for hydroxylation is 1. The number of carbonyl (C=O) groups excluding carboxylic acids is 1. The first-order valence-electron chi connectivity index (χ1n) is 4.90. The van der Waals surface area contributed by atoms with E-state index in [1.165, 1.54) is 10.9 Å². The Morgan fingerprint density at radius 2 is 2.27 bits per heavy atom. The quantitative estimate of drug-likeness (QED) is 0.796. The molecule has 0 aliphatic carbocycles. The van der Waals surface area contributed by atoms with Gasteiger partial charge in [-0.1, -0.05) is 25.4 Å². The molecule has 1 heterocycles. The number of nitrogens with two attached hydrogens (primary N) is 1. The normalized spacial score (nSPS) is 13.2. The molecule has 0 bridgehead atoms. The summed E-state index contributed by atoms with van der Waals surface area (Å²) in [5.41, 5.74) is 6.03. The Morgan fingerprint density at radius 3 is 2.60 bits per heavy atom. The second-order valence-corrected chi connectivity index (χ2v) is 4.32. The summed E-state index contributed by atoms with van der Waals surface area (Å²) in [6, 6.07) is 0. The van der Waals surface area contributed by atoms with Crippen molar-refractivity contribution < 1.29 is 4.79 Å². The Balaban J connectivity index is 3.03. The third-order valence-corrected chi connectivity index (χ3v) is 2.80. The molecule has 2 N–H and O–H groups in total. The van der Waals surface area contributed by atoms with E-state index in [4.69, 9.17) is 17.3 Å². The number of ketones is 1. The van der Waals surface area contributed by atoms with Gasteiger partial charge in [0.15, 0.2) is 5.78 Å². The number of nitrogens with zero attached hydrogens (tertiary/aromatic N) is 2. The lowest BCUT2D eigenvalue weighted by Gasteiger charge is -2.17. The number of rotatable bonds is 4. The van der Waals surface area contributed by atoms with Gasteiger partial charge in [-0.3, -0.25) is 9.48 Å². The van der Waals surface area contributed by atoms with Crippen LogP contribution in [0.2, 0.25) is 5.02 Å². The van der Waals surface area contributed by atoms with E-state index in [-0.39, 0.29) is 17.6 Å². The van der Waals surface area contributed by atoms with Gasteiger partial charge in [-0.05, 0) is 5.92 Å². The fourth-order valence-corrected chi connectivity index (χ4v) is 1.80. The minimum absolute atomic E-state index is 0.0301. The van der Waals surface area contributed by atoms with E-state index in [2.05, 4.69) is 5.10 Å². The van der Waals surface area contributed by atoms with E-state index < -0.39 is 0 Å². The van der Waals surface area contributed by atoms with Crippen molar-refractivity contribution in [3.05, 3.63) is 16.9 Å². The molecule has 1 unspecified atom stereocenters. The molecule has 5 heteroatoms. The molecule has 0 saturated carbocycles. The summed E-state index contributed by atoms with van der Waals surface area (Å²) in [5.74, 6) is -0.0242. The molecule has 0 aliphatic heterocycles. The van der Waals surface area contributed by atoms with Gasteiger partial charge in [0.1, 0.15) is 5.69 Å². The van der Waals surface area contributed by atoms with Crippen molar-refractivity contribution in [3.8, 4) is 0 Å². The van der Waals surface area contributed by atoms with E-state index in [1.807, 2.05) is 13.8 Å². The Bertz CT molecular complexity index is 340. The van der Waals surface area contributed by atoms with Crippen LogP contribution >= 0.6 is 11.6 Å². The molecule has 84 valence electrons. The number of hydrogen-bond donors (Lipinski definition) is 1. The zero-order valence-corrected chi connectivity index (χ0v) is 9.95. The number of Topliss-reactive ketones (excluding diaryl/α,β-unsaturated/α-hetero) is 1. The minimum Gasteiger partial charge on any atom is -0.330 e. The first kappa shape index (κ1) is 12.2. The molecule has 1 rings (SSSR count). The van der Waals surface area contributed by atoms with Crippen LogP contribution in [0.25, 0.3) is 0 Å². The standard InChI is InChI=1S/C10H16ClN3O/c1-6(2)7(4-12)10(15)9-8(11)5-13-14(9)3/h5-7H,4,12H2,1-3H3.